The molecule has 1 fully saturated rings. The number of hydrogen-bond donors (Lipinski definition) is 1. The Hall–Kier alpha value is 0.0500. The van der Waals surface area contributed by atoms with Crippen LogP contribution >= 0.6 is 27.3 Å². The molecule has 0 unspecified atom stereocenters. The zero-order chi connectivity index (χ0) is 14.1. The Morgan fingerprint density at radius 2 is 2.00 bits per heavy atom. The summed E-state index contributed by atoms with van der Waals surface area (Å²) in [7, 11) is 0.672. The number of halogens is 1. The molecule has 1 N–H and O–H groups in total. The third kappa shape index (κ3) is 3.39. The molecule has 0 bridgehead atoms. The van der Waals surface area contributed by atoms with Gasteiger partial charge in [-0.3, -0.25) is 0 Å². The van der Waals surface area contributed by atoms with Gasteiger partial charge in [-0.05, 0) is 55.0 Å². The normalized spacial score (nSPS) is 19.2. The Labute approximate surface area is 127 Å². The van der Waals surface area contributed by atoms with Crippen LogP contribution in [0.15, 0.2) is 20.1 Å². The van der Waals surface area contributed by atoms with Crippen LogP contribution in [0.3, 0.4) is 0 Å². The van der Waals surface area contributed by atoms with Crippen molar-refractivity contribution in [2.75, 3.05) is 20.6 Å². The second-order valence-electron chi connectivity index (χ2n) is 5.21. The second-order valence-corrected chi connectivity index (χ2v) is 9.67. The summed E-state index contributed by atoms with van der Waals surface area (Å²) in [4.78, 5) is 2.16. The van der Waals surface area contributed by atoms with Crippen molar-refractivity contribution in [2.45, 2.75) is 35.4 Å². The van der Waals surface area contributed by atoms with E-state index in [1.54, 1.807) is 12.1 Å². The maximum atomic E-state index is 12.2. The molecule has 1 saturated carbocycles. The molecule has 0 spiro atoms. The van der Waals surface area contributed by atoms with E-state index in [4.69, 9.17) is 0 Å². The Kier molecular flexibility index (Phi) is 4.72. The Balaban J connectivity index is 2.09. The van der Waals surface area contributed by atoms with Gasteiger partial charge in [0.25, 0.3) is 0 Å². The molecule has 108 valence electrons. The third-order valence-corrected chi connectivity index (χ3v) is 7.40. The van der Waals surface area contributed by atoms with Crippen molar-refractivity contribution in [3.05, 3.63) is 15.9 Å². The molecule has 19 heavy (non-hydrogen) atoms. The van der Waals surface area contributed by atoms with E-state index in [0.29, 0.717) is 10.8 Å². The van der Waals surface area contributed by atoms with Crippen LogP contribution in [0.4, 0.5) is 0 Å². The van der Waals surface area contributed by atoms with Crippen LogP contribution in [0.5, 0.6) is 0 Å². The zero-order valence-electron chi connectivity index (χ0n) is 11.1. The summed E-state index contributed by atoms with van der Waals surface area (Å²) in [6.45, 7) is 0.484. The largest absolute Gasteiger partial charge is 0.302 e. The van der Waals surface area contributed by atoms with Gasteiger partial charge in [-0.15, -0.1) is 11.3 Å². The van der Waals surface area contributed by atoms with Crippen molar-refractivity contribution < 1.29 is 8.42 Å². The van der Waals surface area contributed by atoms with E-state index in [1.165, 1.54) is 24.2 Å². The van der Waals surface area contributed by atoms with Gasteiger partial charge in [0.1, 0.15) is 4.21 Å². The van der Waals surface area contributed by atoms with Crippen molar-refractivity contribution in [3.8, 4) is 0 Å². The number of rotatable bonds is 5. The summed E-state index contributed by atoms with van der Waals surface area (Å²) in [5, 5.41) is 0. The minimum atomic E-state index is -3.39. The predicted molar refractivity (Wildman–Crippen MR) is 82.1 cm³/mol. The Morgan fingerprint density at radius 1 is 1.37 bits per heavy atom. The number of sulfonamides is 1. The maximum Gasteiger partial charge on any atom is 0.250 e. The number of thiophene rings is 1. The number of nitrogens with zero attached hydrogens (tertiary/aromatic N) is 1. The van der Waals surface area contributed by atoms with E-state index in [1.807, 2.05) is 14.1 Å². The molecule has 0 atom stereocenters. The number of hydrogen-bond acceptors (Lipinski definition) is 4. The van der Waals surface area contributed by atoms with E-state index < -0.39 is 10.0 Å². The van der Waals surface area contributed by atoms with Crippen molar-refractivity contribution in [1.82, 2.24) is 9.62 Å². The lowest BCUT2D eigenvalue weighted by atomic mass is 9.97. The van der Waals surface area contributed by atoms with Crippen LogP contribution in [0.2, 0.25) is 0 Å². The summed E-state index contributed by atoms with van der Waals surface area (Å²) < 4.78 is 28.4. The topological polar surface area (TPSA) is 49.4 Å². The van der Waals surface area contributed by atoms with Gasteiger partial charge in [0.15, 0.2) is 0 Å². The van der Waals surface area contributed by atoms with Gasteiger partial charge in [0, 0.05) is 12.1 Å². The lowest BCUT2D eigenvalue weighted by Crippen LogP contribution is -2.50. The molecule has 0 amide bonds. The van der Waals surface area contributed by atoms with Gasteiger partial charge in [-0.1, -0.05) is 12.8 Å². The molecular weight excluding hydrogens is 348 g/mol. The Bertz CT molecular complexity index is 534. The van der Waals surface area contributed by atoms with Gasteiger partial charge in [-0.25, -0.2) is 13.1 Å². The quantitative estimate of drug-likeness (QED) is 0.871. The summed E-state index contributed by atoms with van der Waals surface area (Å²) in [5.41, 5.74) is -0.0262. The fraction of sp³-hybridized carbons (Fsp3) is 0.667. The molecule has 4 nitrogen and oxygen atoms in total. The summed E-state index contributed by atoms with van der Waals surface area (Å²) in [5.74, 6) is 0. The summed E-state index contributed by atoms with van der Waals surface area (Å²) in [6.07, 6.45) is 4.45. The molecule has 2 rings (SSSR count). The third-order valence-electron chi connectivity index (χ3n) is 3.89. The first kappa shape index (κ1) is 15.4. The maximum absolute atomic E-state index is 12.2. The van der Waals surface area contributed by atoms with Crippen molar-refractivity contribution in [1.29, 1.82) is 0 Å². The smallest absolute Gasteiger partial charge is 0.250 e. The lowest BCUT2D eigenvalue weighted by molar-refractivity contribution is 0.162. The molecule has 1 aromatic heterocycles. The van der Waals surface area contributed by atoms with Gasteiger partial charge in [-0.2, -0.15) is 0 Å². The Morgan fingerprint density at radius 3 is 2.47 bits per heavy atom. The van der Waals surface area contributed by atoms with Gasteiger partial charge >= 0.3 is 0 Å². The predicted octanol–water partition coefficient (Wildman–Crippen LogP) is 2.66. The average molecular weight is 367 g/mol. The summed E-state index contributed by atoms with van der Waals surface area (Å²) in [6, 6.07) is 3.39. The molecule has 7 heteroatoms. The van der Waals surface area contributed by atoms with Crippen molar-refractivity contribution >= 4 is 37.3 Å². The van der Waals surface area contributed by atoms with E-state index >= 15 is 0 Å². The SMILES string of the molecule is CN(C)C1(CNS(=O)(=O)c2ccc(Br)s2)CCCC1. The van der Waals surface area contributed by atoms with Gasteiger partial charge < -0.3 is 4.90 Å². The highest BCUT2D eigenvalue weighted by molar-refractivity contribution is 9.11. The highest BCUT2D eigenvalue weighted by Gasteiger charge is 2.37. The molecule has 1 aliphatic carbocycles. The fourth-order valence-corrected chi connectivity index (χ4v) is 5.73. The number of nitrogens with one attached hydrogen (secondary N) is 1. The molecular formula is C12H19BrN2O2S2. The molecule has 1 heterocycles. The first-order chi connectivity index (χ1) is 8.86. The zero-order valence-corrected chi connectivity index (χ0v) is 14.4. The second kappa shape index (κ2) is 5.81. The lowest BCUT2D eigenvalue weighted by Gasteiger charge is -2.36. The molecule has 0 aliphatic heterocycles. The van der Waals surface area contributed by atoms with Crippen LogP contribution < -0.4 is 4.72 Å². The van der Waals surface area contributed by atoms with Crippen LogP contribution in [-0.4, -0.2) is 39.5 Å². The number of likely N-dealkylation sites (N-methyl/N-ethyl adjacent to an activating group) is 1. The minimum Gasteiger partial charge on any atom is -0.302 e. The van der Waals surface area contributed by atoms with Crippen LogP contribution in [0.1, 0.15) is 25.7 Å². The van der Waals surface area contributed by atoms with E-state index in [0.717, 1.165) is 16.6 Å². The highest BCUT2D eigenvalue weighted by atomic mass is 79.9. The average Bonchev–Trinajstić information content (AvgIpc) is 2.96. The molecule has 1 aromatic rings. The van der Waals surface area contributed by atoms with Crippen molar-refractivity contribution in [3.63, 3.8) is 0 Å². The van der Waals surface area contributed by atoms with E-state index in [2.05, 4.69) is 25.6 Å². The monoisotopic (exact) mass is 366 g/mol. The molecule has 0 radical (unpaired) electrons. The molecule has 0 aromatic carbocycles. The van der Waals surface area contributed by atoms with Gasteiger partial charge in [0.2, 0.25) is 10.0 Å². The van der Waals surface area contributed by atoms with E-state index in [-0.39, 0.29) is 5.54 Å². The van der Waals surface area contributed by atoms with Crippen LogP contribution in [0, 0.1) is 0 Å². The first-order valence-electron chi connectivity index (χ1n) is 6.28. The summed E-state index contributed by atoms with van der Waals surface area (Å²) >= 11 is 4.53. The minimum absolute atomic E-state index is 0.0262. The van der Waals surface area contributed by atoms with Crippen LogP contribution in [0.25, 0.3) is 0 Å². The highest BCUT2D eigenvalue weighted by Crippen LogP contribution is 2.34. The van der Waals surface area contributed by atoms with Crippen LogP contribution in [-0.2, 0) is 10.0 Å². The fourth-order valence-electron chi connectivity index (χ4n) is 2.56. The molecule has 1 aliphatic rings. The standard InChI is InChI=1S/C12H19BrN2O2S2/c1-15(2)12(7-3-4-8-12)9-14-19(16,17)11-6-5-10(13)18-11/h5-6,14H,3-4,7-9H2,1-2H3. The first-order valence-corrected chi connectivity index (χ1v) is 9.37. The van der Waals surface area contributed by atoms with Crippen molar-refractivity contribution in [2.24, 2.45) is 0 Å². The van der Waals surface area contributed by atoms with Gasteiger partial charge in [0.05, 0.1) is 3.79 Å². The van der Waals surface area contributed by atoms with E-state index in [9.17, 15) is 8.42 Å². The molecule has 0 saturated heterocycles.